The Balaban J connectivity index is 1.90. The minimum absolute atomic E-state index is 0.0886. The number of thioether (sulfide) groups is 1. The fourth-order valence-corrected chi connectivity index (χ4v) is 2.44. The van der Waals surface area contributed by atoms with Gasteiger partial charge in [0.25, 0.3) is 5.22 Å². The van der Waals surface area contributed by atoms with Crippen molar-refractivity contribution in [3.05, 3.63) is 35.2 Å². The summed E-state index contributed by atoms with van der Waals surface area (Å²) in [6.07, 6.45) is 0.655. The van der Waals surface area contributed by atoms with E-state index in [1.165, 1.54) is 11.8 Å². The Kier molecular flexibility index (Phi) is 5.35. The van der Waals surface area contributed by atoms with E-state index in [-0.39, 0.29) is 11.7 Å². The number of nitrogens with zero attached hydrogens (tertiary/aromatic N) is 2. The van der Waals surface area contributed by atoms with Gasteiger partial charge in [0, 0.05) is 5.69 Å². The average Bonchev–Trinajstić information content (AvgIpc) is 2.89. The molecule has 2 rings (SSSR count). The van der Waals surface area contributed by atoms with Crippen LogP contribution in [0.1, 0.15) is 17.0 Å². The van der Waals surface area contributed by atoms with Crippen molar-refractivity contribution in [2.45, 2.75) is 25.5 Å². The lowest BCUT2D eigenvalue weighted by Gasteiger charge is -2.10. The predicted molar refractivity (Wildman–Crippen MR) is 81.0 cm³/mol. The van der Waals surface area contributed by atoms with Gasteiger partial charge in [-0.15, -0.1) is 10.2 Å². The molecule has 0 aliphatic rings. The zero-order valence-corrected chi connectivity index (χ0v) is 13.0. The van der Waals surface area contributed by atoms with Gasteiger partial charge >= 0.3 is 0 Å². The van der Waals surface area contributed by atoms with Crippen LogP contribution in [0.3, 0.4) is 0 Å². The number of benzene rings is 1. The highest BCUT2D eigenvalue weighted by Crippen LogP contribution is 2.21. The molecular weight excluding hydrogens is 288 g/mol. The van der Waals surface area contributed by atoms with Crippen molar-refractivity contribution in [2.75, 3.05) is 17.6 Å². The lowest BCUT2D eigenvalue weighted by atomic mass is 10.1. The van der Waals surface area contributed by atoms with Crippen LogP contribution < -0.4 is 11.1 Å². The molecule has 4 N–H and O–H groups in total. The van der Waals surface area contributed by atoms with Crippen LogP contribution in [-0.4, -0.2) is 28.4 Å². The van der Waals surface area contributed by atoms with Crippen molar-refractivity contribution < 1.29 is 14.9 Å². The van der Waals surface area contributed by atoms with E-state index in [0.717, 1.165) is 16.8 Å². The zero-order valence-electron chi connectivity index (χ0n) is 12.2. The zero-order chi connectivity index (χ0) is 15.2. The van der Waals surface area contributed by atoms with E-state index < -0.39 is 0 Å². The van der Waals surface area contributed by atoms with Crippen molar-refractivity contribution >= 4 is 23.4 Å². The van der Waals surface area contributed by atoms with Crippen LogP contribution in [0.2, 0.25) is 0 Å². The number of quaternary nitrogens is 1. The van der Waals surface area contributed by atoms with E-state index in [2.05, 4.69) is 21.2 Å². The van der Waals surface area contributed by atoms with Gasteiger partial charge in [0.05, 0.1) is 18.7 Å². The molecule has 0 aliphatic heterocycles. The van der Waals surface area contributed by atoms with Gasteiger partial charge in [-0.2, -0.15) is 0 Å². The Morgan fingerprint density at radius 3 is 2.71 bits per heavy atom. The van der Waals surface area contributed by atoms with Crippen molar-refractivity contribution in [3.63, 3.8) is 0 Å². The molecule has 1 amide bonds. The molecule has 0 spiro atoms. The van der Waals surface area contributed by atoms with Crippen LogP contribution >= 0.6 is 11.8 Å². The Bertz CT molecular complexity index is 607. The summed E-state index contributed by atoms with van der Waals surface area (Å²) in [4.78, 5) is 12.0. The van der Waals surface area contributed by atoms with E-state index in [1.54, 1.807) is 0 Å². The summed E-state index contributed by atoms with van der Waals surface area (Å²) in [5, 5.41) is 11.1. The number of anilines is 1. The molecule has 7 heteroatoms. The average molecular weight is 307 g/mol. The highest BCUT2D eigenvalue weighted by molar-refractivity contribution is 7.99. The van der Waals surface area contributed by atoms with E-state index in [1.807, 2.05) is 32.0 Å². The highest BCUT2D eigenvalue weighted by atomic mass is 32.2. The van der Waals surface area contributed by atoms with Gasteiger partial charge < -0.3 is 15.5 Å². The number of carbonyl (C=O) groups excluding carboxylic acids is 1. The van der Waals surface area contributed by atoms with Gasteiger partial charge in [0.15, 0.2) is 0 Å². The summed E-state index contributed by atoms with van der Waals surface area (Å²) in [5.41, 5.74) is 6.69. The van der Waals surface area contributed by atoms with Gasteiger partial charge in [-0.1, -0.05) is 30.0 Å². The van der Waals surface area contributed by atoms with Crippen molar-refractivity contribution in [1.82, 2.24) is 10.2 Å². The van der Waals surface area contributed by atoms with E-state index in [0.29, 0.717) is 24.1 Å². The van der Waals surface area contributed by atoms with Gasteiger partial charge in [-0.25, -0.2) is 0 Å². The number of amides is 1. The Morgan fingerprint density at radius 1 is 1.33 bits per heavy atom. The molecule has 1 aromatic carbocycles. The molecule has 0 fully saturated rings. The first kappa shape index (κ1) is 15.5. The maximum atomic E-state index is 12.0. The lowest BCUT2D eigenvalue weighted by Crippen LogP contribution is -2.51. The summed E-state index contributed by atoms with van der Waals surface area (Å²) in [5.74, 6) is 0.705. The molecule has 0 atom stereocenters. The maximum Gasteiger partial charge on any atom is 0.277 e. The smallest absolute Gasteiger partial charge is 0.277 e. The molecule has 1 aromatic heterocycles. The SMILES string of the molecule is Cc1cccc(C)c1NC(=O)CSc1nnc(CC[NH3+])o1. The van der Waals surface area contributed by atoms with E-state index in [9.17, 15) is 4.79 Å². The molecular formula is C14H19N4O2S+. The summed E-state index contributed by atoms with van der Waals surface area (Å²) < 4.78 is 5.39. The highest BCUT2D eigenvalue weighted by Gasteiger charge is 2.11. The molecule has 1 heterocycles. The van der Waals surface area contributed by atoms with Crippen LogP contribution in [0.4, 0.5) is 5.69 Å². The Morgan fingerprint density at radius 2 is 2.05 bits per heavy atom. The molecule has 0 aliphatic carbocycles. The quantitative estimate of drug-likeness (QED) is 0.782. The predicted octanol–water partition coefficient (Wildman–Crippen LogP) is 1.20. The van der Waals surface area contributed by atoms with Crippen LogP contribution in [0.15, 0.2) is 27.8 Å². The molecule has 6 nitrogen and oxygen atoms in total. The van der Waals surface area contributed by atoms with Crippen LogP contribution in [0.25, 0.3) is 0 Å². The molecule has 0 saturated heterocycles. The third-order valence-corrected chi connectivity index (χ3v) is 3.73. The van der Waals surface area contributed by atoms with Crippen molar-refractivity contribution in [1.29, 1.82) is 0 Å². The lowest BCUT2D eigenvalue weighted by molar-refractivity contribution is -0.367. The first-order valence-electron chi connectivity index (χ1n) is 6.70. The van der Waals surface area contributed by atoms with Gasteiger partial charge in [0.2, 0.25) is 11.8 Å². The number of nitrogens with one attached hydrogen (secondary N) is 1. The summed E-state index contributed by atoms with van der Waals surface area (Å²) in [6, 6.07) is 5.91. The van der Waals surface area contributed by atoms with Crippen molar-refractivity contribution in [3.8, 4) is 0 Å². The number of hydrogen-bond donors (Lipinski definition) is 2. The second-order valence-electron chi connectivity index (χ2n) is 4.67. The number of aryl methyl sites for hydroxylation is 2. The van der Waals surface area contributed by atoms with Crippen molar-refractivity contribution in [2.24, 2.45) is 0 Å². The summed E-state index contributed by atoms with van der Waals surface area (Å²) in [6.45, 7) is 4.65. The largest absolute Gasteiger partial charge is 0.416 e. The summed E-state index contributed by atoms with van der Waals surface area (Å²) >= 11 is 1.23. The van der Waals surface area contributed by atoms with Crippen LogP contribution in [0.5, 0.6) is 0 Å². The first-order chi connectivity index (χ1) is 10.1. The normalized spacial score (nSPS) is 10.6. The number of para-hydroxylation sites is 1. The standard InChI is InChI=1S/C14H18N4O2S/c1-9-4-3-5-10(2)13(9)16-11(19)8-21-14-18-17-12(20-14)6-7-15/h3-5H,6-8,15H2,1-2H3,(H,16,19)/p+1. The number of hydrogen-bond acceptors (Lipinski definition) is 5. The van der Waals surface area contributed by atoms with Gasteiger partial charge in [-0.3, -0.25) is 4.79 Å². The number of rotatable bonds is 6. The molecule has 0 saturated carbocycles. The van der Waals surface area contributed by atoms with Gasteiger partial charge in [0.1, 0.15) is 0 Å². The van der Waals surface area contributed by atoms with E-state index >= 15 is 0 Å². The Hall–Kier alpha value is -1.86. The van der Waals surface area contributed by atoms with Crippen LogP contribution in [0, 0.1) is 13.8 Å². The number of carbonyl (C=O) groups is 1. The topological polar surface area (TPSA) is 95.7 Å². The third-order valence-electron chi connectivity index (χ3n) is 2.91. The fourth-order valence-electron chi connectivity index (χ4n) is 1.86. The Labute approximate surface area is 127 Å². The minimum atomic E-state index is -0.0886. The van der Waals surface area contributed by atoms with Gasteiger partial charge in [-0.05, 0) is 25.0 Å². The summed E-state index contributed by atoms with van der Waals surface area (Å²) in [7, 11) is 0. The number of aromatic nitrogens is 2. The maximum absolute atomic E-state index is 12.0. The van der Waals surface area contributed by atoms with Crippen LogP contribution in [-0.2, 0) is 11.2 Å². The molecule has 0 unspecified atom stereocenters. The molecule has 21 heavy (non-hydrogen) atoms. The molecule has 112 valence electrons. The first-order valence-corrected chi connectivity index (χ1v) is 7.69. The molecule has 2 aromatic rings. The minimum Gasteiger partial charge on any atom is -0.416 e. The fraction of sp³-hybridized carbons (Fsp3) is 0.357. The monoisotopic (exact) mass is 307 g/mol. The molecule has 0 bridgehead atoms. The third kappa shape index (κ3) is 4.30. The second kappa shape index (κ2) is 7.24. The second-order valence-corrected chi connectivity index (χ2v) is 5.60. The van der Waals surface area contributed by atoms with E-state index in [4.69, 9.17) is 4.42 Å². The molecule has 0 radical (unpaired) electrons.